The second kappa shape index (κ2) is 8.31. The number of amides is 1. The Hall–Kier alpha value is -2.05. The fourth-order valence-corrected chi connectivity index (χ4v) is 5.09. The van der Waals surface area contributed by atoms with Crippen molar-refractivity contribution in [2.75, 3.05) is 37.3 Å². The molecule has 2 aromatic carbocycles. The maximum atomic E-state index is 12.5. The van der Waals surface area contributed by atoms with Gasteiger partial charge in [0.15, 0.2) is 5.13 Å². The normalized spacial score (nSPS) is 14.7. The molecule has 4 nitrogen and oxygen atoms in total. The highest BCUT2D eigenvalue weighted by Crippen LogP contribution is 2.34. The van der Waals surface area contributed by atoms with Crippen molar-refractivity contribution in [3.8, 4) is 0 Å². The smallest absolute Gasteiger partial charge is 0.223 e. The third-order valence-corrected chi connectivity index (χ3v) is 6.81. The number of benzene rings is 2. The summed E-state index contributed by atoms with van der Waals surface area (Å²) >= 11 is 3.49. The highest BCUT2D eigenvalue weighted by Gasteiger charge is 2.23. The van der Waals surface area contributed by atoms with E-state index in [9.17, 15) is 4.79 Å². The van der Waals surface area contributed by atoms with Crippen molar-refractivity contribution in [1.82, 2.24) is 9.88 Å². The molecule has 1 amide bonds. The van der Waals surface area contributed by atoms with Crippen molar-refractivity contribution in [3.05, 3.63) is 54.1 Å². The van der Waals surface area contributed by atoms with Gasteiger partial charge in [0.05, 0.1) is 10.2 Å². The number of aromatic nitrogens is 1. The van der Waals surface area contributed by atoms with Crippen LogP contribution in [0.5, 0.6) is 0 Å². The molecular formula is C21H23N3OS2. The minimum atomic E-state index is 0.257. The van der Waals surface area contributed by atoms with E-state index in [2.05, 4.69) is 41.5 Å². The van der Waals surface area contributed by atoms with Gasteiger partial charge >= 0.3 is 0 Å². The molecule has 2 heterocycles. The Morgan fingerprint density at radius 2 is 1.85 bits per heavy atom. The minimum absolute atomic E-state index is 0.257. The Morgan fingerprint density at radius 3 is 2.59 bits per heavy atom. The molecule has 0 unspecified atom stereocenters. The number of para-hydroxylation sites is 1. The van der Waals surface area contributed by atoms with Crippen molar-refractivity contribution in [2.24, 2.45) is 0 Å². The zero-order chi connectivity index (χ0) is 18.6. The van der Waals surface area contributed by atoms with Crippen LogP contribution in [0.25, 0.3) is 10.2 Å². The third kappa shape index (κ3) is 4.12. The maximum absolute atomic E-state index is 12.5. The van der Waals surface area contributed by atoms with E-state index < -0.39 is 0 Å². The molecule has 1 aromatic heterocycles. The van der Waals surface area contributed by atoms with Gasteiger partial charge in [-0.15, -0.1) is 11.8 Å². The second-order valence-corrected chi connectivity index (χ2v) is 8.51. The number of aryl methyl sites for hydroxylation is 1. The lowest BCUT2D eigenvalue weighted by atomic mass is 10.1. The number of anilines is 1. The Bertz CT molecular complexity index is 918. The second-order valence-electron chi connectivity index (χ2n) is 6.66. The molecule has 0 aliphatic carbocycles. The molecule has 0 saturated carbocycles. The molecule has 1 saturated heterocycles. The molecule has 0 radical (unpaired) electrons. The summed E-state index contributed by atoms with van der Waals surface area (Å²) in [6.45, 7) is 3.26. The van der Waals surface area contributed by atoms with E-state index in [0.29, 0.717) is 6.42 Å². The Morgan fingerprint density at radius 1 is 1.07 bits per heavy atom. The molecule has 4 rings (SSSR count). The van der Waals surface area contributed by atoms with Crippen LogP contribution in [-0.4, -0.2) is 48.2 Å². The Labute approximate surface area is 168 Å². The first kappa shape index (κ1) is 18.3. The highest BCUT2D eigenvalue weighted by atomic mass is 32.2. The third-order valence-electron chi connectivity index (χ3n) is 4.96. The van der Waals surface area contributed by atoms with E-state index >= 15 is 0 Å². The van der Waals surface area contributed by atoms with Crippen LogP contribution >= 0.6 is 23.1 Å². The van der Waals surface area contributed by atoms with Crippen LogP contribution < -0.4 is 4.90 Å². The van der Waals surface area contributed by atoms with Crippen molar-refractivity contribution in [3.63, 3.8) is 0 Å². The number of hydrogen-bond acceptors (Lipinski definition) is 5. The fourth-order valence-electron chi connectivity index (χ4n) is 3.41. The molecule has 6 heteroatoms. The Kier molecular flexibility index (Phi) is 5.64. The van der Waals surface area contributed by atoms with Crippen LogP contribution in [0.15, 0.2) is 53.4 Å². The molecule has 0 atom stereocenters. The van der Waals surface area contributed by atoms with Gasteiger partial charge in [-0.1, -0.05) is 47.7 Å². The summed E-state index contributed by atoms with van der Waals surface area (Å²) in [7, 11) is 0. The molecule has 27 heavy (non-hydrogen) atoms. The van der Waals surface area contributed by atoms with Crippen LogP contribution in [0.4, 0.5) is 5.13 Å². The van der Waals surface area contributed by atoms with Crippen LogP contribution in [0.2, 0.25) is 0 Å². The van der Waals surface area contributed by atoms with Gasteiger partial charge in [0.2, 0.25) is 5.91 Å². The van der Waals surface area contributed by atoms with Gasteiger partial charge in [0.1, 0.15) is 0 Å². The average molecular weight is 398 g/mol. The van der Waals surface area contributed by atoms with E-state index in [1.807, 2.05) is 23.1 Å². The molecule has 1 aliphatic rings. The first-order valence-electron chi connectivity index (χ1n) is 9.25. The van der Waals surface area contributed by atoms with Gasteiger partial charge in [-0.05, 0) is 30.4 Å². The predicted molar refractivity (Wildman–Crippen MR) is 115 cm³/mol. The molecule has 1 fully saturated rings. The molecule has 0 N–H and O–H groups in total. The van der Waals surface area contributed by atoms with Crippen LogP contribution in [0.1, 0.15) is 12.0 Å². The van der Waals surface area contributed by atoms with Gasteiger partial charge in [-0.25, -0.2) is 4.98 Å². The molecular weight excluding hydrogens is 374 g/mol. The number of carbonyl (C=O) groups is 1. The summed E-state index contributed by atoms with van der Waals surface area (Å²) in [5.41, 5.74) is 2.33. The van der Waals surface area contributed by atoms with E-state index in [1.165, 1.54) is 15.2 Å². The van der Waals surface area contributed by atoms with Crippen molar-refractivity contribution < 1.29 is 4.79 Å². The first-order valence-corrected chi connectivity index (χ1v) is 11.3. The lowest BCUT2D eigenvalue weighted by Crippen LogP contribution is -2.48. The molecule has 3 aromatic rings. The number of carbonyl (C=O) groups excluding carboxylic acids is 1. The lowest BCUT2D eigenvalue weighted by molar-refractivity contribution is -0.131. The first-order chi connectivity index (χ1) is 13.2. The maximum Gasteiger partial charge on any atom is 0.223 e. The summed E-state index contributed by atoms with van der Waals surface area (Å²) in [6, 6.07) is 16.6. The van der Waals surface area contributed by atoms with Crippen molar-refractivity contribution in [2.45, 2.75) is 17.7 Å². The van der Waals surface area contributed by atoms with Gasteiger partial charge < -0.3 is 9.80 Å². The van der Waals surface area contributed by atoms with Gasteiger partial charge in [-0.3, -0.25) is 4.79 Å². The van der Waals surface area contributed by atoms with E-state index in [-0.39, 0.29) is 5.91 Å². The highest BCUT2D eigenvalue weighted by molar-refractivity contribution is 7.98. The monoisotopic (exact) mass is 397 g/mol. The van der Waals surface area contributed by atoms with E-state index in [1.54, 1.807) is 23.1 Å². The number of thioether (sulfide) groups is 1. The summed E-state index contributed by atoms with van der Waals surface area (Å²) in [4.78, 5) is 22.9. The van der Waals surface area contributed by atoms with Gasteiger partial charge in [0, 0.05) is 37.5 Å². The fraction of sp³-hybridized carbons (Fsp3) is 0.333. The quantitative estimate of drug-likeness (QED) is 0.602. The zero-order valence-electron chi connectivity index (χ0n) is 15.4. The Balaban J connectivity index is 1.35. The largest absolute Gasteiger partial charge is 0.345 e. The van der Waals surface area contributed by atoms with E-state index in [4.69, 9.17) is 4.98 Å². The van der Waals surface area contributed by atoms with Crippen LogP contribution in [0.3, 0.4) is 0 Å². The number of rotatable bonds is 5. The zero-order valence-corrected chi connectivity index (χ0v) is 17.1. The number of nitrogens with zero attached hydrogens (tertiary/aromatic N) is 3. The van der Waals surface area contributed by atoms with Crippen molar-refractivity contribution in [1.29, 1.82) is 0 Å². The molecule has 0 spiro atoms. The summed E-state index contributed by atoms with van der Waals surface area (Å²) in [6.07, 6.45) is 3.49. The summed E-state index contributed by atoms with van der Waals surface area (Å²) in [5.74, 6) is 0.257. The van der Waals surface area contributed by atoms with Crippen LogP contribution in [-0.2, 0) is 11.2 Å². The molecule has 1 aliphatic heterocycles. The number of hydrogen-bond donors (Lipinski definition) is 0. The number of thiazole rings is 1. The number of fused-ring (bicyclic) bond motifs is 1. The van der Waals surface area contributed by atoms with Gasteiger partial charge in [0.25, 0.3) is 0 Å². The van der Waals surface area contributed by atoms with Gasteiger partial charge in [-0.2, -0.15) is 0 Å². The number of piperazine rings is 1. The summed E-state index contributed by atoms with van der Waals surface area (Å²) < 4.78 is 1.23. The predicted octanol–water partition coefficient (Wildman–Crippen LogP) is 4.30. The average Bonchev–Trinajstić information content (AvgIpc) is 3.17. The van der Waals surface area contributed by atoms with E-state index in [0.717, 1.165) is 43.2 Å². The topological polar surface area (TPSA) is 36.4 Å². The SMILES string of the molecule is CSc1cccc2sc(N3CCN(C(=O)CCc4ccccc4)CC3)nc12. The van der Waals surface area contributed by atoms with Crippen molar-refractivity contribution >= 4 is 44.4 Å². The minimum Gasteiger partial charge on any atom is -0.345 e. The summed E-state index contributed by atoms with van der Waals surface area (Å²) in [5, 5.41) is 1.07. The standard InChI is InChI=1S/C21H23N3OS2/c1-26-17-8-5-9-18-20(17)22-21(27-18)24-14-12-23(13-15-24)19(25)11-10-16-6-3-2-4-7-16/h2-9H,10-15H2,1H3. The lowest BCUT2D eigenvalue weighted by Gasteiger charge is -2.34. The molecule has 140 valence electrons. The molecule has 0 bridgehead atoms. The van der Waals surface area contributed by atoms with Crippen LogP contribution in [0, 0.1) is 0 Å².